The number of rotatable bonds is 6. The van der Waals surface area contributed by atoms with Crippen LogP contribution in [0.2, 0.25) is 0 Å². The fourth-order valence-electron chi connectivity index (χ4n) is 5.82. The zero-order valence-corrected chi connectivity index (χ0v) is 21.8. The summed E-state index contributed by atoms with van der Waals surface area (Å²) < 4.78 is 6.34. The van der Waals surface area contributed by atoms with Gasteiger partial charge in [0.1, 0.15) is 24.0 Å². The van der Waals surface area contributed by atoms with Gasteiger partial charge in [0.05, 0.1) is 12.2 Å². The number of nitrogens with zero attached hydrogens (tertiary/aromatic N) is 6. The van der Waals surface area contributed by atoms with Crippen molar-refractivity contribution in [2.45, 2.75) is 25.5 Å². The molecule has 9 nitrogen and oxygen atoms in total. The van der Waals surface area contributed by atoms with E-state index in [1.165, 1.54) is 5.56 Å². The minimum atomic E-state index is 0.0888. The standard InChI is InChI=1S/C29H34N6O3/c1-32-10-7-23(19-32)38-29-30-26-20-35(27-18-22(37)17-21-5-2-3-6-24(21)27)11-8-25(26)28(31-29)34-14-12-33(13-15-34)9-4-16-36/h2-6,9,16-18,23,37H,7-8,10-15,19-20H2,1H3/t23-/m0/s1. The fraction of sp³-hybridized carbons (Fsp3) is 0.414. The highest BCUT2D eigenvalue weighted by Crippen LogP contribution is 2.36. The molecule has 0 aliphatic carbocycles. The van der Waals surface area contributed by atoms with Gasteiger partial charge in [-0.1, -0.05) is 24.3 Å². The van der Waals surface area contributed by atoms with Gasteiger partial charge in [0.2, 0.25) is 0 Å². The number of phenols is 1. The summed E-state index contributed by atoms with van der Waals surface area (Å²) in [5.41, 5.74) is 3.18. The summed E-state index contributed by atoms with van der Waals surface area (Å²) in [7, 11) is 2.11. The molecule has 0 amide bonds. The van der Waals surface area contributed by atoms with Gasteiger partial charge in [-0.25, -0.2) is 0 Å². The number of benzene rings is 2. The first-order valence-electron chi connectivity index (χ1n) is 13.4. The molecule has 1 atom stereocenters. The molecular weight excluding hydrogens is 480 g/mol. The van der Waals surface area contributed by atoms with Crippen LogP contribution in [0.25, 0.3) is 10.8 Å². The number of hydrogen-bond donors (Lipinski definition) is 1. The molecule has 3 aliphatic rings. The number of anilines is 2. The van der Waals surface area contributed by atoms with Crippen LogP contribution < -0.4 is 14.5 Å². The first-order chi connectivity index (χ1) is 18.6. The molecular formula is C29H34N6O3. The van der Waals surface area contributed by atoms with Gasteiger partial charge >= 0.3 is 6.01 Å². The van der Waals surface area contributed by atoms with Crippen LogP contribution in [0.4, 0.5) is 11.5 Å². The number of hydrogen-bond acceptors (Lipinski definition) is 9. The lowest BCUT2D eigenvalue weighted by atomic mass is 10.0. The van der Waals surface area contributed by atoms with Crippen LogP contribution in [0.15, 0.2) is 48.7 Å². The van der Waals surface area contributed by atoms with Crippen molar-refractivity contribution in [3.63, 3.8) is 0 Å². The third-order valence-corrected chi connectivity index (χ3v) is 7.80. The van der Waals surface area contributed by atoms with E-state index in [0.717, 1.165) is 92.9 Å². The second-order valence-electron chi connectivity index (χ2n) is 10.4. The molecule has 2 saturated heterocycles. The number of likely N-dealkylation sites (N-methyl/N-ethyl adjacent to an activating group) is 1. The number of aldehydes is 1. The molecule has 0 saturated carbocycles. The van der Waals surface area contributed by atoms with E-state index in [2.05, 4.69) is 32.7 Å². The van der Waals surface area contributed by atoms with Crippen LogP contribution >= 0.6 is 0 Å². The molecule has 1 aromatic heterocycles. The van der Waals surface area contributed by atoms with Gasteiger partial charge in [-0.2, -0.15) is 9.97 Å². The molecule has 2 aromatic carbocycles. The normalized spacial score (nSPS) is 20.3. The summed E-state index contributed by atoms with van der Waals surface area (Å²) in [6, 6.07) is 12.3. The van der Waals surface area contributed by atoms with E-state index in [0.29, 0.717) is 12.6 Å². The van der Waals surface area contributed by atoms with Crippen LogP contribution in [-0.2, 0) is 17.8 Å². The van der Waals surface area contributed by atoms with Gasteiger partial charge in [-0.05, 0) is 37.4 Å². The molecule has 2 fully saturated rings. The smallest absolute Gasteiger partial charge is 0.318 e. The van der Waals surface area contributed by atoms with Crippen molar-refractivity contribution < 1.29 is 14.6 Å². The monoisotopic (exact) mass is 514 g/mol. The largest absolute Gasteiger partial charge is 0.508 e. The summed E-state index contributed by atoms with van der Waals surface area (Å²) in [6.45, 7) is 6.62. The van der Waals surface area contributed by atoms with Crippen LogP contribution in [0.3, 0.4) is 0 Å². The highest BCUT2D eigenvalue weighted by atomic mass is 16.5. The Bertz CT molecular complexity index is 1350. The van der Waals surface area contributed by atoms with Gasteiger partial charge in [0.15, 0.2) is 0 Å². The topological polar surface area (TPSA) is 85.3 Å². The zero-order chi connectivity index (χ0) is 26.1. The van der Waals surface area contributed by atoms with Crippen LogP contribution in [-0.4, -0.2) is 90.1 Å². The molecule has 6 rings (SSSR count). The average molecular weight is 515 g/mol. The molecule has 1 N–H and O–H groups in total. The Morgan fingerprint density at radius 1 is 1.03 bits per heavy atom. The van der Waals surface area contributed by atoms with E-state index in [9.17, 15) is 9.90 Å². The van der Waals surface area contributed by atoms with Crippen molar-refractivity contribution in [2.75, 3.05) is 62.7 Å². The number of ether oxygens (including phenoxy) is 1. The number of allylic oxidation sites excluding steroid dienone is 1. The zero-order valence-electron chi connectivity index (χ0n) is 21.8. The van der Waals surface area contributed by atoms with Gasteiger partial charge in [-0.3, -0.25) is 4.79 Å². The summed E-state index contributed by atoms with van der Waals surface area (Å²) in [4.78, 5) is 29.7. The molecule has 3 aromatic rings. The molecule has 9 heteroatoms. The quantitative estimate of drug-likeness (QED) is 0.394. The Hall–Kier alpha value is -3.85. The van der Waals surface area contributed by atoms with E-state index in [1.807, 2.05) is 36.5 Å². The first kappa shape index (κ1) is 24.5. The molecule has 0 spiro atoms. The van der Waals surface area contributed by atoms with Crippen LogP contribution in [0.1, 0.15) is 17.7 Å². The molecule has 3 aliphatic heterocycles. The molecule has 0 radical (unpaired) electrons. The van der Waals surface area contributed by atoms with E-state index in [-0.39, 0.29) is 11.9 Å². The van der Waals surface area contributed by atoms with Gasteiger partial charge < -0.3 is 29.4 Å². The number of piperazine rings is 1. The van der Waals surface area contributed by atoms with Crippen LogP contribution in [0, 0.1) is 0 Å². The predicted octanol–water partition coefficient (Wildman–Crippen LogP) is 2.82. The minimum Gasteiger partial charge on any atom is -0.508 e. The second-order valence-corrected chi connectivity index (χ2v) is 10.4. The number of carbonyl (C=O) groups is 1. The van der Waals surface area contributed by atoms with Crippen molar-refractivity contribution in [1.29, 1.82) is 0 Å². The lowest BCUT2D eigenvalue weighted by molar-refractivity contribution is -0.104. The molecule has 0 unspecified atom stereocenters. The van der Waals surface area contributed by atoms with E-state index >= 15 is 0 Å². The van der Waals surface area contributed by atoms with Crippen molar-refractivity contribution in [2.24, 2.45) is 0 Å². The summed E-state index contributed by atoms with van der Waals surface area (Å²) in [6.07, 6.45) is 6.10. The Balaban J connectivity index is 1.32. The third kappa shape index (κ3) is 4.98. The molecule has 38 heavy (non-hydrogen) atoms. The Labute approximate surface area is 222 Å². The molecule has 4 heterocycles. The maximum atomic E-state index is 10.7. The highest BCUT2D eigenvalue weighted by Gasteiger charge is 2.29. The second kappa shape index (κ2) is 10.5. The molecule has 0 bridgehead atoms. The number of carbonyl (C=O) groups excluding carboxylic acids is 1. The predicted molar refractivity (Wildman–Crippen MR) is 148 cm³/mol. The van der Waals surface area contributed by atoms with Crippen molar-refractivity contribution >= 4 is 28.6 Å². The highest BCUT2D eigenvalue weighted by molar-refractivity contribution is 5.95. The summed E-state index contributed by atoms with van der Waals surface area (Å²) in [5, 5.41) is 12.6. The van der Waals surface area contributed by atoms with Crippen molar-refractivity contribution in [3.8, 4) is 11.8 Å². The van der Waals surface area contributed by atoms with Crippen molar-refractivity contribution in [3.05, 3.63) is 59.9 Å². The van der Waals surface area contributed by atoms with Crippen LogP contribution in [0.5, 0.6) is 11.8 Å². The summed E-state index contributed by atoms with van der Waals surface area (Å²) >= 11 is 0. The molecule has 198 valence electrons. The first-order valence-corrected chi connectivity index (χ1v) is 13.4. The SMILES string of the molecule is CN1CC[C@H](Oc2nc3c(c(N4CCN(C=CC=O)CC4)n2)CCN(c2cc(O)cc4ccccc24)C3)C1. The lowest BCUT2D eigenvalue weighted by Crippen LogP contribution is -2.45. The van der Waals surface area contributed by atoms with Gasteiger partial charge in [0.25, 0.3) is 0 Å². The van der Waals surface area contributed by atoms with E-state index in [4.69, 9.17) is 14.7 Å². The number of fused-ring (bicyclic) bond motifs is 2. The van der Waals surface area contributed by atoms with E-state index in [1.54, 1.807) is 6.08 Å². The average Bonchev–Trinajstić information content (AvgIpc) is 3.35. The minimum absolute atomic E-state index is 0.0888. The number of phenolic OH excluding ortho intramolecular Hbond substituents is 1. The maximum absolute atomic E-state index is 10.7. The Morgan fingerprint density at radius 3 is 2.66 bits per heavy atom. The van der Waals surface area contributed by atoms with Gasteiger partial charge in [-0.15, -0.1) is 0 Å². The number of likely N-dealkylation sites (tertiary alicyclic amines) is 1. The summed E-state index contributed by atoms with van der Waals surface area (Å²) in [5.74, 6) is 1.24. The Morgan fingerprint density at radius 2 is 1.87 bits per heavy atom. The third-order valence-electron chi connectivity index (χ3n) is 7.80. The maximum Gasteiger partial charge on any atom is 0.318 e. The van der Waals surface area contributed by atoms with E-state index < -0.39 is 0 Å². The van der Waals surface area contributed by atoms with Gasteiger partial charge in [0, 0.05) is 74.7 Å². The Kier molecular flexibility index (Phi) is 6.76. The number of aromatic nitrogens is 2. The van der Waals surface area contributed by atoms with Crippen molar-refractivity contribution in [1.82, 2.24) is 19.8 Å². The number of aromatic hydroxyl groups is 1. The fourth-order valence-corrected chi connectivity index (χ4v) is 5.82. The lowest BCUT2D eigenvalue weighted by Gasteiger charge is -2.38.